The Kier molecular flexibility index (Phi) is 3.82. The van der Waals surface area contributed by atoms with Gasteiger partial charge in [0.25, 0.3) is 0 Å². The number of hydrogen-bond donors (Lipinski definition) is 0. The Morgan fingerprint density at radius 3 is 2.74 bits per heavy atom. The molecule has 6 nitrogen and oxygen atoms in total. The standard InChI is InChI=1S/C11H9Br2NO5/c1-17-8-5(12)3-11(9(15)7(8)13)4-6(14-19-11)10(16)18-2/h3H,4H2,1-2H3/t11-/m1/s1. The van der Waals surface area contributed by atoms with Crippen LogP contribution in [0.25, 0.3) is 0 Å². The van der Waals surface area contributed by atoms with Crippen LogP contribution in [0.1, 0.15) is 6.42 Å². The molecule has 0 unspecified atom stereocenters. The topological polar surface area (TPSA) is 74.2 Å². The van der Waals surface area contributed by atoms with Gasteiger partial charge in [-0.25, -0.2) is 4.79 Å². The maximum Gasteiger partial charge on any atom is 0.356 e. The lowest BCUT2D eigenvalue weighted by Crippen LogP contribution is -2.40. The second kappa shape index (κ2) is 5.09. The van der Waals surface area contributed by atoms with Gasteiger partial charge in [0.15, 0.2) is 11.5 Å². The van der Waals surface area contributed by atoms with Gasteiger partial charge in [-0.3, -0.25) is 4.79 Å². The number of halogens is 2. The highest BCUT2D eigenvalue weighted by Gasteiger charge is 2.50. The van der Waals surface area contributed by atoms with Crippen molar-refractivity contribution in [1.29, 1.82) is 0 Å². The van der Waals surface area contributed by atoms with Crippen LogP contribution in [-0.4, -0.2) is 37.3 Å². The number of ether oxygens (including phenoxy) is 2. The average molecular weight is 395 g/mol. The molecule has 19 heavy (non-hydrogen) atoms. The first kappa shape index (κ1) is 14.3. The van der Waals surface area contributed by atoms with Crippen molar-refractivity contribution in [2.24, 2.45) is 5.16 Å². The Bertz CT molecular complexity index is 551. The van der Waals surface area contributed by atoms with E-state index in [1.165, 1.54) is 20.3 Å². The van der Waals surface area contributed by atoms with E-state index >= 15 is 0 Å². The number of ketones is 1. The second-order valence-electron chi connectivity index (χ2n) is 3.86. The fourth-order valence-corrected chi connectivity index (χ4v) is 3.50. The monoisotopic (exact) mass is 393 g/mol. The summed E-state index contributed by atoms with van der Waals surface area (Å²) in [5.41, 5.74) is -1.27. The van der Waals surface area contributed by atoms with Crippen molar-refractivity contribution in [1.82, 2.24) is 0 Å². The van der Waals surface area contributed by atoms with E-state index in [1.807, 2.05) is 0 Å². The number of allylic oxidation sites excluding steroid dienone is 1. The number of oxime groups is 1. The number of methoxy groups -OCH3 is 2. The van der Waals surface area contributed by atoms with Crippen molar-refractivity contribution in [3.63, 3.8) is 0 Å². The molecule has 1 atom stereocenters. The number of nitrogens with zero attached hydrogens (tertiary/aromatic N) is 1. The lowest BCUT2D eigenvalue weighted by Gasteiger charge is -2.26. The number of rotatable bonds is 2. The molecule has 0 saturated carbocycles. The zero-order valence-electron chi connectivity index (χ0n) is 10.0. The summed E-state index contributed by atoms with van der Waals surface area (Å²) in [6, 6.07) is 0. The van der Waals surface area contributed by atoms with Crippen molar-refractivity contribution in [2.45, 2.75) is 12.0 Å². The number of carbonyl (C=O) groups excluding carboxylic acids is 2. The Morgan fingerprint density at radius 1 is 1.47 bits per heavy atom. The van der Waals surface area contributed by atoms with E-state index < -0.39 is 11.6 Å². The first-order chi connectivity index (χ1) is 8.95. The van der Waals surface area contributed by atoms with Gasteiger partial charge in [-0.15, -0.1) is 0 Å². The number of carbonyl (C=O) groups is 2. The molecule has 2 aliphatic rings. The van der Waals surface area contributed by atoms with Crippen LogP contribution in [0.2, 0.25) is 0 Å². The minimum Gasteiger partial charge on any atom is -0.494 e. The summed E-state index contributed by atoms with van der Waals surface area (Å²) >= 11 is 6.46. The van der Waals surface area contributed by atoms with Gasteiger partial charge >= 0.3 is 5.97 Å². The van der Waals surface area contributed by atoms with E-state index in [1.54, 1.807) is 0 Å². The van der Waals surface area contributed by atoms with Crippen molar-refractivity contribution < 1.29 is 23.9 Å². The van der Waals surface area contributed by atoms with Crippen LogP contribution in [0.15, 0.2) is 26.0 Å². The van der Waals surface area contributed by atoms with Gasteiger partial charge in [0.05, 0.1) is 25.1 Å². The third-order valence-corrected chi connectivity index (χ3v) is 4.04. The molecule has 0 N–H and O–H groups in total. The Hall–Kier alpha value is -1.15. The quantitative estimate of drug-likeness (QED) is 0.667. The lowest BCUT2D eigenvalue weighted by atomic mass is 9.88. The summed E-state index contributed by atoms with van der Waals surface area (Å²) in [5, 5.41) is 3.63. The van der Waals surface area contributed by atoms with Crippen molar-refractivity contribution in [3.8, 4) is 0 Å². The smallest absolute Gasteiger partial charge is 0.356 e. The molecule has 0 aromatic carbocycles. The van der Waals surface area contributed by atoms with Gasteiger partial charge in [-0.1, -0.05) is 5.16 Å². The average Bonchev–Trinajstić information content (AvgIpc) is 2.81. The highest BCUT2D eigenvalue weighted by atomic mass is 79.9. The van der Waals surface area contributed by atoms with E-state index in [9.17, 15) is 9.59 Å². The third-order valence-electron chi connectivity index (χ3n) is 2.73. The van der Waals surface area contributed by atoms with Gasteiger partial charge in [-0.05, 0) is 37.9 Å². The molecule has 0 radical (unpaired) electrons. The molecule has 1 spiro atoms. The van der Waals surface area contributed by atoms with Crippen LogP contribution in [-0.2, 0) is 23.9 Å². The summed E-state index contributed by atoms with van der Waals surface area (Å²) in [6.07, 6.45) is 1.54. The number of Topliss-reactive ketones (excluding diaryl/α,β-unsaturated/α-hetero) is 1. The molecule has 0 fully saturated rings. The zero-order valence-corrected chi connectivity index (χ0v) is 13.2. The predicted octanol–water partition coefficient (Wildman–Crippen LogP) is 1.79. The molecule has 2 rings (SSSR count). The molecule has 1 heterocycles. The van der Waals surface area contributed by atoms with Crippen LogP contribution >= 0.6 is 31.9 Å². The SMILES string of the molecule is COC(=O)C1=NO[C@]2(C=C(Br)C(OC)=C(Br)C2=O)C1. The van der Waals surface area contributed by atoms with E-state index in [4.69, 9.17) is 9.57 Å². The molecule has 0 saturated heterocycles. The van der Waals surface area contributed by atoms with E-state index in [0.717, 1.165) is 0 Å². The summed E-state index contributed by atoms with van der Waals surface area (Å²) in [4.78, 5) is 28.9. The Morgan fingerprint density at radius 2 is 2.16 bits per heavy atom. The van der Waals surface area contributed by atoms with Crippen molar-refractivity contribution >= 4 is 49.3 Å². The molecule has 1 aliphatic heterocycles. The molecule has 102 valence electrons. The summed E-state index contributed by atoms with van der Waals surface area (Å²) < 4.78 is 10.4. The number of esters is 1. The van der Waals surface area contributed by atoms with Crippen molar-refractivity contribution in [2.75, 3.05) is 14.2 Å². The van der Waals surface area contributed by atoms with Gasteiger partial charge < -0.3 is 14.3 Å². The molecule has 8 heteroatoms. The van der Waals surface area contributed by atoms with Gasteiger partial charge in [-0.2, -0.15) is 0 Å². The molecule has 0 amide bonds. The molecule has 0 aromatic heterocycles. The largest absolute Gasteiger partial charge is 0.494 e. The summed E-state index contributed by atoms with van der Waals surface area (Å²) in [7, 11) is 2.69. The van der Waals surface area contributed by atoms with Crippen LogP contribution < -0.4 is 0 Å². The normalized spacial score (nSPS) is 26.0. The van der Waals surface area contributed by atoms with Crippen LogP contribution in [0.5, 0.6) is 0 Å². The maximum atomic E-state index is 12.3. The zero-order chi connectivity index (χ0) is 14.2. The van der Waals surface area contributed by atoms with Gasteiger partial charge in [0, 0.05) is 0 Å². The van der Waals surface area contributed by atoms with E-state index in [-0.39, 0.29) is 22.4 Å². The van der Waals surface area contributed by atoms with Gasteiger partial charge in [0.1, 0.15) is 4.48 Å². The van der Waals surface area contributed by atoms with Gasteiger partial charge in [0.2, 0.25) is 11.4 Å². The van der Waals surface area contributed by atoms with E-state index in [2.05, 4.69) is 41.8 Å². The summed E-state index contributed by atoms with van der Waals surface area (Å²) in [5.74, 6) is -0.618. The highest BCUT2D eigenvalue weighted by Crippen LogP contribution is 2.41. The van der Waals surface area contributed by atoms with Crippen LogP contribution in [0, 0.1) is 0 Å². The summed E-state index contributed by atoms with van der Waals surface area (Å²) in [6.45, 7) is 0. The third kappa shape index (κ3) is 2.23. The fraction of sp³-hybridized carbons (Fsp3) is 0.364. The molecule has 1 aliphatic carbocycles. The number of hydrogen-bond acceptors (Lipinski definition) is 6. The first-order valence-electron chi connectivity index (χ1n) is 5.16. The van der Waals surface area contributed by atoms with Crippen LogP contribution in [0.4, 0.5) is 0 Å². The van der Waals surface area contributed by atoms with E-state index in [0.29, 0.717) is 10.2 Å². The second-order valence-corrected chi connectivity index (χ2v) is 5.50. The minimum atomic E-state index is -1.33. The minimum absolute atomic E-state index is 0.0136. The molecular formula is C11H9Br2NO5. The first-order valence-corrected chi connectivity index (χ1v) is 6.74. The van der Waals surface area contributed by atoms with Crippen LogP contribution in [0.3, 0.4) is 0 Å². The molecule has 0 aromatic rings. The fourth-order valence-electron chi connectivity index (χ4n) is 1.79. The molecule has 0 bridgehead atoms. The highest BCUT2D eigenvalue weighted by molar-refractivity contribution is 9.12. The lowest BCUT2D eigenvalue weighted by molar-refractivity contribution is -0.132. The maximum absolute atomic E-state index is 12.3. The predicted molar refractivity (Wildman–Crippen MR) is 72.9 cm³/mol. The molecular weight excluding hydrogens is 386 g/mol. The Labute approximate surface area is 125 Å². The van der Waals surface area contributed by atoms with Crippen molar-refractivity contribution in [3.05, 3.63) is 20.8 Å². The Balaban J connectivity index is 2.34.